The number of hydrogen-bond acceptors (Lipinski definition) is 4. The number of carbonyl (C=O) groups is 2. The van der Waals surface area contributed by atoms with Crippen molar-refractivity contribution in [3.8, 4) is 0 Å². The SMILES string of the molecule is CCCCCC1C2C=CC(O)(C(=O)O2)C1C(C)=O. The first kappa shape index (κ1) is 13.3. The van der Waals surface area contributed by atoms with Crippen molar-refractivity contribution in [2.45, 2.75) is 51.2 Å². The van der Waals surface area contributed by atoms with Crippen molar-refractivity contribution in [2.24, 2.45) is 11.8 Å². The molecule has 0 aromatic rings. The lowest BCUT2D eigenvalue weighted by atomic mass is 9.66. The highest BCUT2D eigenvalue weighted by Gasteiger charge is 2.58. The number of unbranched alkanes of at least 4 members (excludes halogenated alkanes) is 2. The smallest absolute Gasteiger partial charge is 0.343 e. The summed E-state index contributed by atoms with van der Waals surface area (Å²) < 4.78 is 5.18. The molecule has 18 heavy (non-hydrogen) atoms. The minimum atomic E-state index is -1.74. The second kappa shape index (κ2) is 4.84. The van der Waals surface area contributed by atoms with Crippen molar-refractivity contribution in [3.63, 3.8) is 0 Å². The molecule has 0 radical (unpaired) electrons. The molecule has 2 bridgehead atoms. The molecule has 4 heteroatoms. The molecule has 0 amide bonds. The molecule has 4 unspecified atom stereocenters. The van der Waals surface area contributed by atoms with Crippen molar-refractivity contribution < 1.29 is 19.4 Å². The van der Waals surface area contributed by atoms with Gasteiger partial charge in [0.1, 0.15) is 11.9 Å². The van der Waals surface area contributed by atoms with Crippen LogP contribution in [0.3, 0.4) is 0 Å². The standard InChI is InChI=1S/C14H20O4/c1-3-4-5-6-10-11-7-8-14(17,13(16)18-11)12(10)9(2)15/h7-8,10-12,17H,3-6H2,1-2H3. The average Bonchev–Trinajstić information content (AvgIpc) is 2.31. The van der Waals surface area contributed by atoms with E-state index < -0.39 is 17.5 Å². The Balaban J connectivity index is 2.22. The molecule has 4 nitrogen and oxygen atoms in total. The van der Waals surface area contributed by atoms with E-state index in [4.69, 9.17) is 4.74 Å². The molecule has 2 aliphatic heterocycles. The summed E-state index contributed by atoms with van der Waals surface area (Å²) in [4.78, 5) is 23.5. The number of ether oxygens (including phenoxy) is 1. The summed E-state index contributed by atoms with van der Waals surface area (Å²) in [5.41, 5.74) is -1.74. The molecule has 1 fully saturated rings. The predicted molar refractivity (Wildman–Crippen MR) is 65.8 cm³/mol. The van der Waals surface area contributed by atoms with Gasteiger partial charge in [0, 0.05) is 5.92 Å². The number of esters is 1. The Morgan fingerprint density at radius 3 is 2.78 bits per heavy atom. The van der Waals surface area contributed by atoms with E-state index in [2.05, 4.69) is 6.92 Å². The molecule has 1 N–H and O–H groups in total. The zero-order valence-electron chi connectivity index (χ0n) is 10.9. The van der Waals surface area contributed by atoms with Gasteiger partial charge < -0.3 is 9.84 Å². The molecular weight excluding hydrogens is 232 g/mol. The highest BCUT2D eigenvalue weighted by atomic mass is 16.6. The third-order valence-electron chi connectivity index (χ3n) is 4.01. The zero-order valence-corrected chi connectivity index (χ0v) is 10.9. The zero-order chi connectivity index (χ0) is 13.3. The minimum Gasteiger partial charge on any atom is -0.455 e. The summed E-state index contributed by atoms with van der Waals surface area (Å²) in [6.07, 6.45) is 6.79. The van der Waals surface area contributed by atoms with E-state index in [1.807, 2.05) is 0 Å². The Kier molecular flexibility index (Phi) is 3.57. The largest absolute Gasteiger partial charge is 0.455 e. The van der Waals surface area contributed by atoms with Gasteiger partial charge in [0.05, 0.1) is 5.92 Å². The van der Waals surface area contributed by atoms with Gasteiger partial charge in [-0.2, -0.15) is 0 Å². The van der Waals surface area contributed by atoms with Crippen LogP contribution in [0.1, 0.15) is 39.5 Å². The lowest BCUT2D eigenvalue weighted by molar-refractivity contribution is -0.196. The molecule has 3 rings (SSSR count). The van der Waals surface area contributed by atoms with Gasteiger partial charge in [0.2, 0.25) is 0 Å². The van der Waals surface area contributed by atoms with Crippen molar-refractivity contribution in [2.75, 3.05) is 0 Å². The van der Waals surface area contributed by atoms with E-state index in [9.17, 15) is 14.7 Å². The molecule has 3 aliphatic rings. The Hall–Kier alpha value is -1.16. The van der Waals surface area contributed by atoms with E-state index in [0.717, 1.165) is 25.7 Å². The first-order valence-corrected chi connectivity index (χ1v) is 6.64. The Bertz CT molecular complexity index is 387. The number of hydrogen-bond donors (Lipinski definition) is 1. The molecule has 0 aromatic carbocycles. The molecule has 0 saturated carbocycles. The average molecular weight is 252 g/mol. The summed E-state index contributed by atoms with van der Waals surface area (Å²) in [6, 6.07) is 0. The van der Waals surface area contributed by atoms with Crippen LogP contribution in [0.2, 0.25) is 0 Å². The normalized spacial score (nSPS) is 37.7. The number of rotatable bonds is 5. The summed E-state index contributed by atoms with van der Waals surface area (Å²) in [7, 11) is 0. The number of Topliss-reactive ketones (excluding diaryl/α,β-unsaturated/α-hetero) is 1. The van der Waals surface area contributed by atoms with Crippen LogP contribution < -0.4 is 0 Å². The maximum atomic E-state index is 11.8. The van der Waals surface area contributed by atoms with Crippen LogP contribution in [0.5, 0.6) is 0 Å². The van der Waals surface area contributed by atoms with E-state index in [-0.39, 0.29) is 17.8 Å². The molecule has 1 saturated heterocycles. The third-order valence-corrected chi connectivity index (χ3v) is 4.01. The quantitative estimate of drug-likeness (QED) is 0.459. The Morgan fingerprint density at radius 1 is 1.50 bits per heavy atom. The lowest BCUT2D eigenvalue weighted by Gasteiger charge is -2.47. The van der Waals surface area contributed by atoms with Gasteiger partial charge in [0.25, 0.3) is 0 Å². The summed E-state index contributed by atoms with van der Waals surface area (Å²) in [6.45, 7) is 3.56. The molecular formula is C14H20O4. The van der Waals surface area contributed by atoms with Gasteiger partial charge in [-0.05, 0) is 25.5 Å². The summed E-state index contributed by atoms with van der Waals surface area (Å²) in [5.74, 6) is -1.54. The molecule has 4 atom stereocenters. The monoisotopic (exact) mass is 252 g/mol. The van der Waals surface area contributed by atoms with E-state index in [0.29, 0.717) is 0 Å². The summed E-state index contributed by atoms with van der Waals surface area (Å²) in [5, 5.41) is 10.4. The topological polar surface area (TPSA) is 63.6 Å². The number of aliphatic hydroxyl groups is 1. The van der Waals surface area contributed by atoms with Crippen LogP contribution in [0.25, 0.3) is 0 Å². The first-order valence-electron chi connectivity index (χ1n) is 6.64. The maximum Gasteiger partial charge on any atom is 0.343 e. The highest BCUT2D eigenvalue weighted by Crippen LogP contribution is 2.44. The second-order valence-electron chi connectivity index (χ2n) is 5.30. The van der Waals surface area contributed by atoms with Crippen molar-refractivity contribution >= 4 is 11.8 Å². The van der Waals surface area contributed by atoms with Crippen LogP contribution >= 0.6 is 0 Å². The molecule has 0 spiro atoms. The van der Waals surface area contributed by atoms with Gasteiger partial charge in [0.15, 0.2) is 5.60 Å². The van der Waals surface area contributed by atoms with Gasteiger partial charge in [-0.1, -0.05) is 26.2 Å². The van der Waals surface area contributed by atoms with Crippen LogP contribution in [-0.4, -0.2) is 28.6 Å². The van der Waals surface area contributed by atoms with Crippen molar-refractivity contribution in [1.29, 1.82) is 0 Å². The van der Waals surface area contributed by atoms with E-state index in [1.165, 1.54) is 13.0 Å². The predicted octanol–water partition coefficient (Wildman–Crippen LogP) is 1.61. The first-order chi connectivity index (χ1) is 8.50. The van der Waals surface area contributed by atoms with E-state index >= 15 is 0 Å². The van der Waals surface area contributed by atoms with Gasteiger partial charge in [-0.3, -0.25) is 4.79 Å². The fourth-order valence-electron chi connectivity index (χ4n) is 3.12. The van der Waals surface area contributed by atoms with Crippen LogP contribution in [0.15, 0.2) is 12.2 Å². The maximum absolute atomic E-state index is 11.8. The van der Waals surface area contributed by atoms with Crippen LogP contribution in [0, 0.1) is 11.8 Å². The number of carbonyl (C=O) groups excluding carboxylic acids is 2. The van der Waals surface area contributed by atoms with Gasteiger partial charge >= 0.3 is 5.97 Å². The number of ketones is 1. The molecule has 100 valence electrons. The highest BCUT2D eigenvalue weighted by molar-refractivity contribution is 5.94. The third kappa shape index (κ3) is 1.99. The van der Waals surface area contributed by atoms with Crippen molar-refractivity contribution in [1.82, 2.24) is 0 Å². The van der Waals surface area contributed by atoms with E-state index in [1.54, 1.807) is 6.08 Å². The van der Waals surface area contributed by atoms with Crippen LogP contribution in [-0.2, 0) is 14.3 Å². The molecule has 2 heterocycles. The van der Waals surface area contributed by atoms with Gasteiger partial charge in [-0.25, -0.2) is 4.79 Å². The lowest BCUT2D eigenvalue weighted by Crippen LogP contribution is -2.61. The van der Waals surface area contributed by atoms with Crippen molar-refractivity contribution in [3.05, 3.63) is 12.2 Å². The Morgan fingerprint density at radius 2 is 2.22 bits per heavy atom. The second-order valence-corrected chi connectivity index (χ2v) is 5.30. The fraction of sp³-hybridized carbons (Fsp3) is 0.714. The summed E-state index contributed by atoms with van der Waals surface area (Å²) >= 11 is 0. The van der Waals surface area contributed by atoms with Crippen LogP contribution in [0.4, 0.5) is 0 Å². The molecule has 1 aliphatic carbocycles. The molecule has 0 aromatic heterocycles. The Labute approximate surface area is 107 Å². The number of fused-ring (bicyclic) bond motifs is 2. The minimum absolute atomic E-state index is 0.0817. The van der Waals surface area contributed by atoms with Gasteiger partial charge in [-0.15, -0.1) is 0 Å². The fourth-order valence-corrected chi connectivity index (χ4v) is 3.12.